The Morgan fingerprint density at radius 2 is 1.63 bits per heavy atom. The molecule has 1 atom stereocenters. The van der Waals surface area contributed by atoms with Gasteiger partial charge in [0.05, 0.1) is 12.3 Å². The average Bonchev–Trinajstić information content (AvgIpc) is 3.27. The van der Waals surface area contributed by atoms with Crippen molar-refractivity contribution in [3.8, 4) is 0 Å². The highest BCUT2D eigenvalue weighted by Gasteiger charge is 2.28. The van der Waals surface area contributed by atoms with Crippen LogP contribution in [0.1, 0.15) is 25.6 Å². The number of nitrogens with one attached hydrogen (secondary N) is 2. The number of anilines is 1. The second kappa shape index (κ2) is 10.2. The number of amides is 2. The lowest BCUT2D eigenvalue weighted by Crippen LogP contribution is -2.51. The Kier molecular flexibility index (Phi) is 7.46. The van der Waals surface area contributed by atoms with Gasteiger partial charge in [-0.15, -0.1) is 0 Å². The van der Waals surface area contributed by atoms with Crippen LogP contribution in [-0.4, -0.2) is 56.0 Å². The number of nitrogens with zero attached hydrogens (tertiary/aromatic N) is 2. The van der Waals surface area contributed by atoms with Gasteiger partial charge >= 0.3 is 11.8 Å². The van der Waals surface area contributed by atoms with Gasteiger partial charge in [0.1, 0.15) is 11.6 Å². The number of hydrogen-bond acceptors (Lipinski definition) is 5. The fourth-order valence-electron chi connectivity index (χ4n) is 3.48. The Labute approximate surface area is 176 Å². The predicted octanol–water partition coefficient (Wildman–Crippen LogP) is 2.17. The first-order valence-electron chi connectivity index (χ1n) is 10.3. The number of furan rings is 1. The van der Waals surface area contributed by atoms with Crippen LogP contribution < -0.4 is 15.5 Å². The quantitative estimate of drug-likeness (QED) is 0.677. The van der Waals surface area contributed by atoms with Crippen LogP contribution in [0.25, 0.3) is 0 Å². The van der Waals surface area contributed by atoms with Crippen molar-refractivity contribution in [2.45, 2.75) is 19.9 Å². The minimum atomic E-state index is -0.642. The van der Waals surface area contributed by atoms with Crippen molar-refractivity contribution in [3.63, 3.8) is 0 Å². The zero-order valence-corrected chi connectivity index (χ0v) is 17.4. The van der Waals surface area contributed by atoms with Gasteiger partial charge in [-0.3, -0.25) is 14.5 Å². The number of carbonyl (C=O) groups is 2. The summed E-state index contributed by atoms with van der Waals surface area (Å²) in [6, 6.07) is 10.0. The van der Waals surface area contributed by atoms with Gasteiger partial charge in [-0.2, -0.15) is 0 Å². The van der Waals surface area contributed by atoms with Crippen molar-refractivity contribution in [2.75, 3.05) is 44.2 Å². The molecule has 0 saturated carbocycles. The van der Waals surface area contributed by atoms with Crippen LogP contribution in [0.15, 0.2) is 47.1 Å². The third kappa shape index (κ3) is 5.82. The van der Waals surface area contributed by atoms with Crippen molar-refractivity contribution < 1.29 is 18.4 Å². The van der Waals surface area contributed by atoms with Crippen LogP contribution in [0.2, 0.25) is 0 Å². The molecule has 1 aromatic heterocycles. The van der Waals surface area contributed by atoms with E-state index in [9.17, 15) is 14.0 Å². The monoisotopic (exact) mass is 416 g/mol. The lowest BCUT2D eigenvalue weighted by molar-refractivity contribution is -0.139. The first kappa shape index (κ1) is 21.8. The van der Waals surface area contributed by atoms with Gasteiger partial charge in [0.25, 0.3) is 0 Å². The Balaban J connectivity index is 1.58. The van der Waals surface area contributed by atoms with Crippen LogP contribution in [0.5, 0.6) is 0 Å². The summed E-state index contributed by atoms with van der Waals surface area (Å²) in [5, 5.41) is 5.36. The van der Waals surface area contributed by atoms with Gasteiger partial charge in [-0.05, 0) is 42.3 Å². The van der Waals surface area contributed by atoms with E-state index >= 15 is 0 Å². The molecule has 2 aromatic rings. The molecule has 7 nitrogen and oxygen atoms in total. The molecule has 1 aromatic carbocycles. The summed E-state index contributed by atoms with van der Waals surface area (Å²) in [4.78, 5) is 28.5. The summed E-state index contributed by atoms with van der Waals surface area (Å²) in [6.07, 6.45) is 1.61. The molecule has 1 fully saturated rings. The molecule has 0 aliphatic carbocycles. The maximum Gasteiger partial charge on any atom is 0.309 e. The van der Waals surface area contributed by atoms with E-state index in [2.05, 4.69) is 20.4 Å². The van der Waals surface area contributed by atoms with Gasteiger partial charge in [-0.1, -0.05) is 13.8 Å². The first-order chi connectivity index (χ1) is 14.4. The summed E-state index contributed by atoms with van der Waals surface area (Å²) in [7, 11) is 0. The van der Waals surface area contributed by atoms with Crippen LogP contribution >= 0.6 is 0 Å². The molecule has 0 radical (unpaired) electrons. The van der Waals surface area contributed by atoms with Gasteiger partial charge in [-0.25, -0.2) is 4.39 Å². The average molecular weight is 416 g/mol. The predicted molar refractivity (Wildman–Crippen MR) is 112 cm³/mol. The van der Waals surface area contributed by atoms with Crippen LogP contribution in [0, 0.1) is 11.7 Å². The fraction of sp³-hybridized carbons (Fsp3) is 0.455. The summed E-state index contributed by atoms with van der Waals surface area (Å²) in [5.41, 5.74) is 0.987. The molecule has 2 heterocycles. The van der Waals surface area contributed by atoms with E-state index in [0.717, 1.165) is 37.6 Å². The van der Waals surface area contributed by atoms with E-state index in [1.807, 2.05) is 26.0 Å². The van der Waals surface area contributed by atoms with Crippen molar-refractivity contribution in [3.05, 3.63) is 54.2 Å². The molecule has 1 saturated heterocycles. The van der Waals surface area contributed by atoms with Crippen molar-refractivity contribution in [1.29, 1.82) is 0 Å². The highest BCUT2D eigenvalue weighted by atomic mass is 19.1. The zero-order valence-electron chi connectivity index (χ0n) is 17.4. The number of rotatable bonds is 7. The molecule has 30 heavy (non-hydrogen) atoms. The van der Waals surface area contributed by atoms with Gasteiger partial charge in [0.15, 0.2) is 0 Å². The topological polar surface area (TPSA) is 77.8 Å². The molecule has 1 unspecified atom stereocenters. The fourth-order valence-corrected chi connectivity index (χ4v) is 3.48. The van der Waals surface area contributed by atoms with Crippen LogP contribution in [0.4, 0.5) is 10.1 Å². The Morgan fingerprint density at radius 3 is 2.20 bits per heavy atom. The third-order valence-electron chi connectivity index (χ3n) is 5.15. The molecular formula is C22H29FN4O3. The van der Waals surface area contributed by atoms with Gasteiger partial charge < -0.3 is 20.0 Å². The zero-order chi connectivity index (χ0) is 21.5. The molecular weight excluding hydrogens is 387 g/mol. The Bertz CT molecular complexity index is 815. The molecule has 2 amide bonds. The van der Waals surface area contributed by atoms with Crippen molar-refractivity contribution in [2.24, 2.45) is 5.92 Å². The molecule has 2 N–H and O–H groups in total. The van der Waals surface area contributed by atoms with Crippen LogP contribution in [0.3, 0.4) is 0 Å². The summed E-state index contributed by atoms with van der Waals surface area (Å²) in [5.74, 6) is -0.494. The van der Waals surface area contributed by atoms with Gasteiger partial charge in [0.2, 0.25) is 0 Å². The summed E-state index contributed by atoms with van der Waals surface area (Å²) in [6.45, 7) is 7.71. The molecule has 3 rings (SSSR count). The Hall–Kier alpha value is -2.87. The van der Waals surface area contributed by atoms with Crippen LogP contribution in [-0.2, 0) is 9.59 Å². The first-order valence-corrected chi connectivity index (χ1v) is 10.3. The highest BCUT2D eigenvalue weighted by molar-refractivity contribution is 6.35. The number of piperazine rings is 1. The van der Waals surface area contributed by atoms with Crippen molar-refractivity contribution in [1.82, 2.24) is 15.5 Å². The maximum absolute atomic E-state index is 13.2. The van der Waals surface area contributed by atoms with E-state index < -0.39 is 11.8 Å². The molecule has 0 spiro atoms. The highest BCUT2D eigenvalue weighted by Crippen LogP contribution is 2.24. The smallest absolute Gasteiger partial charge is 0.309 e. The summed E-state index contributed by atoms with van der Waals surface area (Å²) >= 11 is 0. The van der Waals surface area contributed by atoms with E-state index in [0.29, 0.717) is 6.54 Å². The number of benzene rings is 1. The SMILES string of the molecule is CC(C)CNC(=O)C(=O)NCC(c1ccco1)N1CCN(c2ccc(F)cc2)CC1. The summed E-state index contributed by atoms with van der Waals surface area (Å²) < 4.78 is 18.8. The molecule has 8 heteroatoms. The molecule has 1 aliphatic heterocycles. The Morgan fingerprint density at radius 1 is 1.00 bits per heavy atom. The normalized spacial score (nSPS) is 15.8. The second-order valence-corrected chi connectivity index (χ2v) is 7.84. The van der Waals surface area contributed by atoms with E-state index in [1.54, 1.807) is 18.4 Å². The van der Waals surface area contributed by atoms with E-state index in [-0.39, 0.29) is 24.3 Å². The largest absolute Gasteiger partial charge is 0.468 e. The minimum Gasteiger partial charge on any atom is -0.468 e. The number of carbonyl (C=O) groups excluding carboxylic acids is 2. The number of hydrogen-bond donors (Lipinski definition) is 2. The second-order valence-electron chi connectivity index (χ2n) is 7.84. The lowest BCUT2D eigenvalue weighted by atomic mass is 10.1. The molecule has 162 valence electrons. The maximum atomic E-state index is 13.2. The van der Waals surface area contributed by atoms with E-state index in [4.69, 9.17) is 4.42 Å². The lowest BCUT2D eigenvalue weighted by Gasteiger charge is -2.39. The molecule has 1 aliphatic rings. The third-order valence-corrected chi connectivity index (χ3v) is 5.15. The van der Waals surface area contributed by atoms with Crippen molar-refractivity contribution >= 4 is 17.5 Å². The minimum absolute atomic E-state index is 0.169. The van der Waals surface area contributed by atoms with Gasteiger partial charge in [0, 0.05) is 45.0 Å². The molecule has 0 bridgehead atoms. The van der Waals surface area contributed by atoms with E-state index in [1.165, 1.54) is 12.1 Å². The standard InChI is InChI=1S/C22H29FN4O3/c1-16(2)14-24-21(28)22(29)25-15-19(20-4-3-13-30-20)27-11-9-26(10-12-27)18-7-5-17(23)6-8-18/h3-8,13,16,19H,9-12,14-15H2,1-2H3,(H,24,28)(H,25,29). The number of halogens is 1.